The van der Waals surface area contributed by atoms with Gasteiger partial charge in [-0.2, -0.15) is 0 Å². The van der Waals surface area contributed by atoms with Crippen LogP contribution in [0, 0.1) is 5.92 Å². The molecule has 2 nitrogen and oxygen atoms in total. The number of likely N-dealkylation sites (N-methyl/N-ethyl adjacent to an activating group) is 1. The molecule has 0 amide bonds. The summed E-state index contributed by atoms with van der Waals surface area (Å²) in [6.45, 7) is 0.666. The molecule has 1 aliphatic carbocycles. The van der Waals surface area contributed by atoms with E-state index in [1.807, 2.05) is 43.3 Å². The van der Waals surface area contributed by atoms with Gasteiger partial charge in [0, 0.05) is 11.6 Å². The molecule has 0 saturated heterocycles. The summed E-state index contributed by atoms with van der Waals surface area (Å²) in [4.78, 5) is 2.03. The molecule has 16 heavy (non-hydrogen) atoms. The molecule has 1 aromatic rings. The first kappa shape index (κ1) is 11.9. The molecular weight excluding hydrogens is 222 g/mol. The summed E-state index contributed by atoms with van der Waals surface area (Å²) in [5.74, 6) is 0.399. The fraction of sp³-hybridized carbons (Fsp3) is 0.538. The summed E-state index contributed by atoms with van der Waals surface area (Å²) in [6.07, 6.45) is 2.24. The minimum Gasteiger partial charge on any atom is -0.384 e. The van der Waals surface area contributed by atoms with Crippen LogP contribution in [0.5, 0.6) is 0 Å². The molecule has 0 spiro atoms. The lowest BCUT2D eigenvalue weighted by atomic mass is 9.88. The molecule has 2 rings (SSSR count). The van der Waals surface area contributed by atoms with Gasteiger partial charge < -0.3 is 10.0 Å². The lowest BCUT2D eigenvalue weighted by Gasteiger charge is -2.31. The Morgan fingerprint density at radius 3 is 2.31 bits per heavy atom. The number of benzene rings is 1. The van der Waals surface area contributed by atoms with Gasteiger partial charge in [0.2, 0.25) is 0 Å². The monoisotopic (exact) mass is 239 g/mol. The Bertz CT molecular complexity index is 359. The van der Waals surface area contributed by atoms with E-state index in [0.717, 1.165) is 18.4 Å². The molecule has 0 radical (unpaired) electrons. The van der Waals surface area contributed by atoms with Gasteiger partial charge in [0.1, 0.15) is 5.60 Å². The number of rotatable bonds is 4. The van der Waals surface area contributed by atoms with Gasteiger partial charge >= 0.3 is 0 Å². The van der Waals surface area contributed by atoms with Crippen LogP contribution in [0.15, 0.2) is 24.3 Å². The van der Waals surface area contributed by atoms with E-state index in [1.165, 1.54) is 0 Å². The van der Waals surface area contributed by atoms with E-state index >= 15 is 0 Å². The number of hydrogen-bond donors (Lipinski definition) is 1. The normalized spacial score (nSPS) is 19.8. The molecule has 0 aromatic heterocycles. The highest BCUT2D eigenvalue weighted by Crippen LogP contribution is 2.46. The lowest BCUT2D eigenvalue weighted by molar-refractivity contribution is -0.00995. The van der Waals surface area contributed by atoms with E-state index in [0.29, 0.717) is 17.5 Å². The second-order valence-electron chi connectivity index (χ2n) is 4.94. The summed E-state index contributed by atoms with van der Waals surface area (Å²) in [6, 6.07) is 7.56. The van der Waals surface area contributed by atoms with Crippen LogP contribution >= 0.6 is 11.6 Å². The fourth-order valence-corrected chi connectivity index (χ4v) is 2.36. The molecule has 1 aromatic carbocycles. The SMILES string of the molecule is CN(C)CC(O)(c1ccc(Cl)cc1)C1CC1. The van der Waals surface area contributed by atoms with Crippen LogP contribution < -0.4 is 0 Å². The zero-order valence-corrected chi connectivity index (χ0v) is 10.5. The maximum Gasteiger partial charge on any atom is 0.105 e. The predicted octanol–water partition coefficient (Wildman–Crippen LogP) is 2.50. The minimum absolute atomic E-state index is 0.399. The Balaban J connectivity index is 2.27. The van der Waals surface area contributed by atoms with Crippen molar-refractivity contribution < 1.29 is 5.11 Å². The van der Waals surface area contributed by atoms with Crippen LogP contribution in [0.4, 0.5) is 0 Å². The second-order valence-corrected chi connectivity index (χ2v) is 5.38. The Hall–Kier alpha value is -0.570. The molecule has 1 unspecified atom stereocenters. The largest absolute Gasteiger partial charge is 0.384 e. The second kappa shape index (κ2) is 4.36. The van der Waals surface area contributed by atoms with Crippen LogP contribution in [-0.4, -0.2) is 30.6 Å². The first-order valence-corrected chi connectivity index (χ1v) is 6.03. The topological polar surface area (TPSA) is 23.5 Å². The fourth-order valence-electron chi connectivity index (χ4n) is 2.24. The van der Waals surface area contributed by atoms with Crippen LogP contribution in [0.25, 0.3) is 0 Å². The summed E-state index contributed by atoms with van der Waals surface area (Å²) in [7, 11) is 3.98. The Labute approximate surface area is 102 Å². The number of aliphatic hydroxyl groups is 1. The van der Waals surface area contributed by atoms with E-state index in [1.54, 1.807) is 0 Å². The van der Waals surface area contributed by atoms with Gasteiger partial charge in [-0.15, -0.1) is 0 Å². The van der Waals surface area contributed by atoms with Crippen molar-refractivity contribution in [3.63, 3.8) is 0 Å². The Kier molecular flexibility index (Phi) is 3.24. The van der Waals surface area contributed by atoms with E-state index < -0.39 is 5.60 Å². The summed E-state index contributed by atoms with van der Waals surface area (Å²) in [5, 5.41) is 11.5. The van der Waals surface area contributed by atoms with Crippen LogP contribution in [0.3, 0.4) is 0 Å². The highest BCUT2D eigenvalue weighted by Gasteiger charge is 2.45. The maximum absolute atomic E-state index is 10.8. The Morgan fingerprint density at radius 2 is 1.88 bits per heavy atom. The average molecular weight is 240 g/mol. The van der Waals surface area contributed by atoms with Crippen molar-refractivity contribution in [2.24, 2.45) is 5.92 Å². The molecule has 3 heteroatoms. The van der Waals surface area contributed by atoms with Gasteiger partial charge in [-0.25, -0.2) is 0 Å². The van der Waals surface area contributed by atoms with Crippen molar-refractivity contribution in [1.29, 1.82) is 0 Å². The van der Waals surface area contributed by atoms with E-state index in [-0.39, 0.29) is 0 Å². The summed E-state index contributed by atoms with van der Waals surface area (Å²) >= 11 is 5.87. The first-order valence-electron chi connectivity index (χ1n) is 5.65. The predicted molar refractivity (Wildman–Crippen MR) is 66.6 cm³/mol. The molecule has 1 fully saturated rings. The minimum atomic E-state index is -0.714. The van der Waals surface area contributed by atoms with Crippen LogP contribution in [0.1, 0.15) is 18.4 Å². The van der Waals surface area contributed by atoms with E-state index in [4.69, 9.17) is 11.6 Å². The highest BCUT2D eigenvalue weighted by molar-refractivity contribution is 6.30. The van der Waals surface area contributed by atoms with Gasteiger partial charge in [0.25, 0.3) is 0 Å². The van der Waals surface area contributed by atoms with Crippen LogP contribution in [0.2, 0.25) is 5.02 Å². The van der Waals surface area contributed by atoms with Gasteiger partial charge in [-0.1, -0.05) is 23.7 Å². The van der Waals surface area contributed by atoms with Gasteiger partial charge in [-0.3, -0.25) is 0 Å². The van der Waals surface area contributed by atoms with Gasteiger partial charge in [0.15, 0.2) is 0 Å². The molecular formula is C13H18ClNO. The van der Waals surface area contributed by atoms with Crippen molar-refractivity contribution >= 4 is 11.6 Å². The molecule has 0 bridgehead atoms. The third-order valence-electron chi connectivity index (χ3n) is 3.15. The smallest absolute Gasteiger partial charge is 0.105 e. The van der Waals surface area contributed by atoms with Crippen molar-refractivity contribution in [2.75, 3.05) is 20.6 Å². The molecule has 88 valence electrons. The quantitative estimate of drug-likeness (QED) is 0.873. The third kappa shape index (κ3) is 2.40. The molecule has 1 N–H and O–H groups in total. The standard InChI is InChI=1S/C13H18ClNO/c1-15(2)9-13(16,10-3-4-10)11-5-7-12(14)8-6-11/h5-8,10,16H,3-4,9H2,1-2H3. The lowest BCUT2D eigenvalue weighted by Crippen LogP contribution is -2.39. The Morgan fingerprint density at radius 1 is 1.31 bits per heavy atom. The molecule has 1 aliphatic rings. The average Bonchev–Trinajstić information content (AvgIpc) is 3.00. The van der Waals surface area contributed by atoms with Gasteiger partial charge in [-0.05, 0) is 50.6 Å². The van der Waals surface area contributed by atoms with Crippen LogP contribution in [-0.2, 0) is 5.60 Å². The third-order valence-corrected chi connectivity index (χ3v) is 3.41. The van der Waals surface area contributed by atoms with Crippen molar-refractivity contribution in [3.8, 4) is 0 Å². The molecule has 0 aliphatic heterocycles. The summed E-state index contributed by atoms with van der Waals surface area (Å²) < 4.78 is 0. The van der Waals surface area contributed by atoms with Crippen molar-refractivity contribution in [3.05, 3.63) is 34.9 Å². The molecule has 1 saturated carbocycles. The van der Waals surface area contributed by atoms with Crippen molar-refractivity contribution in [2.45, 2.75) is 18.4 Å². The first-order chi connectivity index (χ1) is 7.52. The molecule has 1 atom stereocenters. The van der Waals surface area contributed by atoms with Gasteiger partial charge in [0.05, 0.1) is 0 Å². The maximum atomic E-state index is 10.8. The summed E-state index contributed by atoms with van der Waals surface area (Å²) in [5.41, 5.74) is 0.266. The number of nitrogens with zero attached hydrogens (tertiary/aromatic N) is 1. The number of halogens is 1. The van der Waals surface area contributed by atoms with E-state index in [2.05, 4.69) is 0 Å². The molecule has 0 heterocycles. The zero-order valence-electron chi connectivity index (χ0n) is 9.78. The van der Waals surface area contributed by atoms with E-state index in [9.17, 15) is 5.11 Å². The highest BCUT2D eigenvalue weighted by atomic mass is 35.5. The number of hydrogen-bond acceptors (Lipinski definition) is 2. The van der Waals surface area contributed by atoms with Crippen molar-refractivity contribution in [1.82, 2.24) is 4.90 Å². The zero-order chi connectivity index (χ0) is 11.8.